The van der Waals surface area contributed by atoms with Crippen LogP contribution in [-0.4, -0.2) is 95.9 Å². The highest BCUT2D eigenvalue weighted by Gasteiger charge is 2.29. The first-order valence-corrected chi connectivity index (χ1v) is 47.5. The molecule has 0 aromatic heterocycles. The highest BCUT2D eigenvalue weighted by atomic mass is 31.2. The molecule has 0 saturated carbocycles. The van der Waals surface area contributed by atoms with E-state index in [1.54, 1.807) is 0 Å². The summed E-state index contributed by atoms with van der Waals surface area (Å²) in [5.41, 5.74) is 0. The Kier molecular flexibility index (Phi) is 81.8. The van der Waals surface area contributed by atoms with Crippen molar-refractivity contribution in [3.05, 3.63) is 134 Å². The zero-order valence-corrected chi connectivity index (χ0v) is 72.1. The average molecular weight is 1600 g/mol. The first kappa shape index (κ1) is 107. The molecule has 18 heteroatoms. The summed E-state index contributed by atoms with van der Waals surface area (Å²) >= 11 is 0. The fourth-order valence-corrected chi connectivity index (χ4v) is 13.7. The third-order valence-electron chi connectivity index (χ3n) is 18.8. The number of phosphoric acid groups is 2. The molecule has 0 amide bonds. The van der Waals surface area contributed by atoms with Crippen LogP contribution in [0.2, 0.25) is 0 Å². The molecule has 0 aliphatic carbocycles. The number of unbranched alkanes of at least 4 members (excludes halogenated alkanes) is 39. The molecule has 5 unspecified atom stereocenters. The number of phosphoric ester groups is 2. The van der Waals surface area contributed by atoms with Gasteiger partial charge < -0.3 is 34.2 Å². The van der Waals surface area contributed by atoms with Crippen LogP contribution < -0.4 is 0 Å². The lowest BCUT2D eigenvalue weighted by Crippen LogP contribution is -2.30. The minimum absolute atomic E-state index is 0.0937. The molecule has 16 nitrogen and oxygen atoms in total. The van der Waals surface area contributed by atoms with Crippen LogP contribution in [0.4, 0.5) is 0 Å². The van der Waals surface area contributed by atoms with Crippen molar-refractivity contribution in [1.82, 2.24) is 0 Å². The van der Waals surface area contributed by atoms with Crippen molar-refractivity contribution in [2.45, 2.75) is 399 Å². The van der Waals surface area contributed by atoms with Gasteiger partial charge in [0.25, 0.3) is 0 Å². The van der Waals surface area contributed by atoms with E-state index in [1.165, 1.54) is 167 Å². The highest BCUT2D eigenvalue weighted by molar-refractivity contribution is 7.47. The fourth-order valence-electron chi connectivity index (χ4n) is 12.2. The highest BCUT2D eigenvalue weighted by Crippen LogP contribution is 2.45. The lowest BCUT2D eigenvalue weighted by atomic mass is 10.0. The molecular weight excluding hydrogens is 1430 g/mol. The normalized spacial score (nSPS) is 14.5. The molecule has 0 fully saturated rings. The minimum atomic E-state index is -4.93. The van der Waals surface area contributed by atoms with Crippen molar-refractivity contribution in [3.63, 3.8) is 0 Å². The molecule has 640 valence electrons. The van der Waals surface area contributed by atoms with Crippen molar-refractivity contribution in [2.75, 3.05) is 39.6 Å². The number of carbonyl (C=O) groups is 3. The van der Waals surface area contributed by atoms with Crippen molar-refractivity contribution in [1.29, 1.82) is 0 Å². The van der Waals surface area contributed by atoms with Gasteiger partial charge in [0.1, 0.15) is 25.4 Å². The van der Waals surface area contributed by atoms with Gasteiger partial charge in [0, 0.05) is 19.3 Å². The molecule has 0 bridgehead atoms. The molecule has 0 spiro atoms. The number of rotatable bonds is 84. The van der Waals surface area contributed by atoms with Crippen LogP contribution >= 0.6 is 15.6 Å². The van der Waals surface area contributed by atoms with Crippen molar-refractivity contribution >= 4 is 33.6 Å². The number of ether oxygens (including phenoxy) is 3. The van der Waals surface area contributed by atoms with Gasteiger partial charge in [-0.15, -0.1) is 0 Å². The SMILES string of the molecule is CC/C=C\C/C=C\C/C=C\C/C=C\C/C=C\CCCCCCCCCCCCCCCCCCCCCC(=O)OCC(O)COP(=O)(O)OCC(O)COP(=O)(O)OCC(COC(=O)CCCCCCCCCCCCC/C=C\C/C=C\C/C=C\C/C=C\C/C=C\CC)OC(=O)CCCCCCC/C=C\CCCCCC. The maximum absolute atomic E-state index is 13.0. The number of hydrogen-bond donors (Lipinski definition) is 4. The Morgan fingerprint density at radius 2 is 0.477 bits per heavy atom. The third kappa shape index (κ3) is 86.4. The van der Waals surface area contributed by atoms with Gasteiger partial charge in [-0.1, -0.05) is 360 Å². The lowest BCUT2D eigenvalue weighted by Gasteiger charge is -2.21. The summed E-state index contributed by atoms with van der Waals surface area (Å²) in [6, 6.07) is 0. The lowest BCUT2D eigenvalue weighted by molar-refractivity contribution is -0.161. The second-order valence-electron chi connectivity index (χ2n) is 29.6. The average Bonchev–Trinajstić information content (AvgIpc) is 0.903. The fraction of sp³-hybridized carbons (Fsp3) is 0.731. The Hall–Kier alpha value is -4.31. The van der Waals surface area contributed by atoms with Gasteiger partial charge in [0.15, 0.2) is 6.10 Å². The van der Waals surface area contributed by atoms with Crippen LogP contribution in [0.1, 0.15) is 380 Å². The van der Waals surface area contributed by atoms with E-state index < -0.39 is 91.5 Å². The van der Waals surface area contributed by atoms with E-state index in [0.29, 0.717) is 19.3 Å². The van der Waals surface area contributed by atoms with Gasteiger partial charge in [0.05, 0.1) is 26.4 Å². The second kappa shape index (κ2) is 85.1. The maximum atomic E-state index is 13.0. The van der Waals surface area contributed by atoms with Crippen molar-refractivity contribution < 1.29 is 75.8 Å². The number of esters is 3. The van der Waals surface area contributed by atoms with Gasteiger partial charge >= 0.3 is 33.6 Å². The van der Waals surface area contributed by atoms with E-state index in [-0.39, 0.29) is 19.3 Å². The monoisotopic (exact) mass is 1600 g/mol. The van der Waals surface area contributed by atoms with Crippen LogP contribution in [0.5, 0.6) is 0 Å². The third-order valence-corrected chi connectivity index (χ3v) is 20.7. The van der Waals surface area contributed by atoms with Crippen molar-refractivity contribution in [3.8, 4) is 0 Å². The molecule has 0 radical (unpaired) electrons. The maximum Gasteiger partial charge on any atom is 0.472 e. The molecule has 5 atom stereocenters. The van der Waals surface area contributed by atoms with Crippen LogP contribution in [0, 0.1) is 0 Å². The van der Waals surface area contributed by atoms with Crippen LogP contribution in [0.15, 0.2) is 134 Å². The summed E-state index contributed by atoms with van der Waals surface area (Å²) in [4.78, 5) is 58.8. The van der Waals surface area contributed by atoms with Gasteiger partial charge in [0.2, 0.25) is 0 Å². The molecule has 0 aromatic carbocycles. The van der Waals surface area contributed by atoms with E-state index in [9.17, 15) is 43.5 Å². The van der Waals surface area contributed by atoms with E-state index in [0.717, 1.165) is 154 Å². The molecule has 0 rings (SSSR count). The molecule has 0 aliphatic rings. The summed E-state index contributed by atoms with van der Waals surface area (Å²) in [6.07, 6.45) is 105. The van der Waals surface area contributed by atoms with Gasteiger partial charge in [-0.2, -0.15) is 0 Å². The molecule has 111 heavy (non-hydrogen) atoms. The number of carbonyl (C=O) groups excluding carboxylic acids is 3. The summed E-state index contributed by atoms with van der Waals surface area (Å²) in [5, 5.41) is 20.7. The second-order valence-corrected chi connectivity index (χ2v) is 32.5. The Balaban J connectivity index is 4.38. The topological polar surface area (TPSA) is 231 Å². The van der Waals surface area contributed by atoms with Gasteiger partial charge in [-0.3, -0.25) is 32.5 Å². The Labute approximate surface area is 677 Å². The van der Waals surface area contributed by atoms with Crippen molar-refractivity contribution in [2.24, 2.45) is 0 Å². The Morgan fingerprint density at radius 3 is 0.766 bits per heavy atom. The Bertz CT molecular complexity index is 2550. The minimum Gasteiger partial charge on any atom is -0.463 e. The summed E-state index contributed by atoms with van der Waals surface area (Å²) in [6.45, 7) is 2.47. The van der Waals surface area contributed by atoms with Crippen LogP contribution in [-0.2, 0) is 55.8 Å². The molecular formula is C93H162O16P2. The number of aliphatic hydroxyl groups excluding tert-OH is 2. The number of allylic oxidation sites excluding steroid dienone is 22. The van der Waals surface area contributed by atoms with E-state index in [2.05, 4.69) is 154 Å². The summed E-state index contributed by atoms with van der Waals surface area (Å²) < 4.78 is 61.3. The molecule has 0 aliphatic heterocycles. The number of aliphatic hydroxyl groups is 2. The van der Waals surface area contributed by atoms with E-state index >= 15 is 0 Å². The molecule has 0 aromatic rings. The zero-order valence-electron chi connectivity index (χ0n) is 70.4. The smallest absolute Gasteiger partial charge is 0.463 e. The molecule has 0 saturated heterocycles. The summed E-state index contributed by atoms with van der Waals surface area (Å²) in [7, 11) is -9.79. The number of hydrogen-bond acceptors (Lipinski definition) is 14. The van der Waals surface area contributed by atoms with Crippen LogP contribution in [0.3, 0.4) is 0 Å². The summed E-state index contributed by atoms with van der Waals surface area (Å²) in [5.74, 6) is -1.57. The van der Waals surface area contributed by atoms with Crippen LogP contribution in [0.25, 0.3) is 0 Å². The standard InChI is InChI=1S/C93H162O16P2/c1-4-7-10-13-16-19-22-25-27-29-31-33-35-37-39-40-41-42-43-44-45-46-48-50-51-53-55-57-59-62-64-67-70-73-76-79-91(96)103-82-88(94)83-105-110(99,100)106-84-89(95)85-107-111(101,102)108-87-90(109-93(98)81-78-75-72-69-66-61-24-21-18-15-12-9-6-3)86-104-92(97)80-77-74-71-68-65-63-60-58-56-54-52-49-47-38-36-34-32-30-28-26-23-20-17-14-11-8-5-2/h7-8,10-11,16-17,19-21,24-28,31-34,37-39,47,88-90,94-95H,4-6,9,12-15,18,22-23,29-30,35-36,40-46,48-87H2,1-3H3,(H,99,100)(H,101,102)/b10-7-,11-8-,19-16-,20-17-,24-21-,27-25-,28-26-,33-31-,34-32-,39-37-,47-38-. The van der Waals surface area contributed by atoms with Gasteiger partial charge in [-0.05, 0) is 135 Å². The van der Waals surface area contributed by atoms with Gasteiger partial charge in [-0.25, -0.2) is 9.13 Å². The first-order chi connectivity index (χ1) is 54.2. The van der Waals surface area contributed by atoms with E-state index in [1.807, 2.05) is 0 Å². The molecule has 4 N–H and O–H groups in total. The zero-order chi connectivity index (χ0) is 80.8. The first-order valence-electron chi connectivity index (χ1n) is 44.5. The quantitative estimate of drug-likeness (QED) is 0.0146. The predicted octanol–water partition coefficient (Wildman–Crippen LogP) is 27.0. The molecule has 0 heterocycles. The Morgan fingerprint density at radius 1 is 0.261 bits per heavy atom. The predicted molar refractivity (Wildman–Crippen MR) is 463 cm³/mol. The largest absolute Gasteiger partial charge is 0.472 e. The van der Waals surface area contributed by atoms with E-state index in [4.69, 9.17) is 32.3 Å².